The molecular weight excluding hydrogens is 440 g/mol. The first kappa shape index (κ1) is 31.9. The second kappa shape index (κ2) is 12.0. The van der Waals surface area contributed by atoms with Gasteiger partial charge in [-0.3, -0.25) is 9.59 Å². The van der Waals surface area contributed by atoms with Crippen molar-refractivity contribution in [1.82, 2.24) is 0 Å². The highest BCUT2D eigenvalue weighted by molar-refractivity contribution is 5.90. The number of esters is 4. The molecule has 0 saturated heterocycles. The van der Waals surface area contributed by atoms with Gasteiger partial charge in [0.2, 0.25) is 12.2 Å². The molecule has 0 rings (SSSR count). The Morgan fingerprint density at radius 1 is 0.559 bits per heavy atom. The Hall–Kier alpha value is -2.12. The minimum absolute atomic E-state index is 0.0166. The number of hydrogen-bond donors (Lipinski definition) is 0. The van der Waals surface area contributed by atoms with Gasteiger partial charge < -0.3 is 18.9 Å². The van der Waals surface area contributed by atoms with Gasteiger partial charge in [-0.1, -0.05) is 41.5 Å². The van der Waals surface area contributed by atoms with Crippen LogP contribution in [0.1, 0.15) is 95.9 Å². The summed E-state index contributed by atoms with van der Waals surface area (Å²) in [5, 5.41) is 0. The predicted molar refractivity (Wildman–Crippen MR) is 129 cm³/mol. The summed E-state index contributed by atoms with van der Waals surface area (Å²) in [4.78, 5) is 51.8. The number of carbonyl (C=O) groups excluding carboxylic acids is 4. The van der Waals surface area contributed by atoms with Crippen molar-refractivity contribution in [3.63, 3.8) is 0 Å². The average Bonchev–Trinajstić information content (AvgIpc) is 2.60. The summed E-state index contributed by atoms with van der Waals surface area (Å²) in [6, 6.07) is 0. The summed E-state index contributed by atoms with van der Waals surface area (Å²) in [5.74, 6) is -3.39. The molecule has 0 amide bonds. The summed E-state index contributed by atoms with van der Waals surface area (Å²) in [7, 11) is 0. The molecule has 0 aliphatic heterocycles. The summed E-state index contributed by atoms with van der Waals surface area (Å²) in [5.41, 5.74) is -2.35. The zero-order valence-electron chi connectivity index (χ0n) is 23.2. The molecule has 0 radical (unpaired) electrons. The SMILES string of the molecule is CCOC(=O)[C@H](OC(=O)C(C)(C)CC(C)(C)C)[C@@H](OC(=O)C(C)(C)CC(C)(C)C)C(=O)OCC. The van der Waals surface area contributed by atoms with Crippen LogP contribution in [0.3, 0.4) is 0 Å². The molecule has 0 saturated carbocycles. The van der Waals surface area contributed by atoms with E-state index in [1.807, 2.05) is 41.5 Å². The monoisotopic (exact) mass is 486 g/mol. The zero-order valence-corrected chi connectivity index (χ0v) is 23.2. The average molecular weight is 487 g/mol. The smallest absolute Gasteiger partial charge is 0.352 e. The Labute approximate surface area is 205 Å². The maximum absolute atomic E-state index is 13.1. The second-order valence-corrected chi connectivity index (χ2v) is 12.4. The third-order valence-corrected chi connectivity index (χ3v) is 4.83. The lowest BCUT2D eigenvalue weighted by atomic mass is 9.76. The predicted octanol–water partition coefficient (Wildman–Crippen LogP) is 4.86. The van der Waals surface area contributed by atoms with Gasteiger partial charge in [-0.2, -0.15) is 0 Å². The Morgan fingerprint density at radius 2 is 0.824 bits per heavy atom. The van der Waals surface area contributed by atoms with Crippen LogP contribution in [0.25, 0.3) is 0 Å². The fourth-order valence-corrected chi connectivity index (χ4v) is 4.26. The fourth-order valence-electron chi connectivity index (χ4n) is 4.26. The molecular formula is C26H46O8. The van der Waals surface area contributed by atoms with Crippen LogP contribution in [0.2, 0.25) is 0 Å². The standard InChI is InChI=1S/C26H46O8/c1-13-31-19(27)17(33-21(29)25(9,10)15-23(3,4)5)18(20(28)32-14-2)34-22(30)26(11,12)16-24(6,7)8/h17-18H,13-16H2,1-12H3/t17-,18-/m1/s1. The zero-order chi connectivity index (χ0) is 27.1. The van der Waals surface area contributed by atoms with Crippen LogP contribution >= 0.6 is 0 Å². The lowest BCUT2D eigenvalue weighted by Crippen LogP contribution is -2.50. The lowest BCUT2D eigenvalue weighted by Gasteiger charge is -2.34. The molecule has 0 unspecified atom stereocenters. The largest absolute Gasteiger partial charge is 0.463 e. The van der Waals surface area contributed by atoms with Gasteiger partial charge in [0.05, 0.1) is 24.0 Å². The quantitative estimate of drug-likeness (QED) is 0.301. The summed E-state index contributed by atoms with van der Waals surface area (Å²) < 4.78 is 21.2. The first-order valence-electron chi connectivity index (χ1n) is 11.9. The Balaban J connectivity index is 6.18. The van der Waals surface area contributed by atoms with Crippen LogP contribution in [-0.2, 0) is 38.1 Å². The van der Waals surface area contributed by atoms with E-state index in [0.717, 1.165) is 0 Å². The number of rotatable bonds is 11. The molecule has 34 heavy (non-hydrogen) atoms. The lowest BCUT2D eigenvalue weighted by molar-refractivity contribution is -0.198. The van der Waals surface area contributed by atoms with Crippen LogP contribution in [0.15, 0.2) is 0 Å². The van der Waals surface area contributed by atoms with Crippen LogP contribution in [0, 0.1) is 21.7 Å². The number of hydrogen-bond acceptors (Lipinski definition) is 8. The highest BCUT2D eigenvalue weighted by Gasteiger charge is 2.47. The number of carbonyl (C=O) groups is 4. The fraction of sp³-hybridized carbons (Fsp3) is 0.846. The van der Waals surface area contributed by atoms with Gasteiger partial charge >= 0.3 is 23.9 Å². The van der Waals surface area contributed by atoms with Crippen molar-refractivity contribution < 1.29 is 38.1 Å². The van der Waals surface area contributed by atoms with E-state index in [1.165, 1.54) is 0 Å². The molecule has 198 valence electrons. The molecule has 8 heteroatoms. The van der Waals surface area contributed by atoms with E-state index in [2.05, 4.69) is 0 Å². The normalized spacial score (nSPS) is 14.6. The first-order chi connectivity index (χ1) is 15.2. The van der Waals surface area contributed by atoms with Gasteiger partial charge in [0, 0.05) is 0 Å². The van der Waals surface area contributed by atoms with Gasteiger partial charge in [0.15, 0.2) is 0 Å². The second-order valence-electron chi connectivity index (χ2n) is 12.4. The Bertz CT molecular complexity index is 660. The molecule has 2 atom stereocenters. The van der Waals surface area contributed by atoms with Crippen molar-refractivity contribution in [1.29, 1.82) is 0 Å². The van der Waals surface area contributed by atoms with Gasteiger partial charge in [-0.15, -0.1) is 0 Å². The van der Waals surface area contributed by atoms with Gasteiger partial charge in [-0.05, 0) is 65.2 Å². The van der Waals surface area contributed by atoms with Crippen LogP contribution in [0.5, 0.6) is 0 Å². The molecule has 0 aromatic heterocycles. The van der Waals surface area contributed by atoms with E-state index in [4.69, 9.17) is 18.9 Å². The Morgan fingerprint density at radius 3 is 1.03 bits per heavy atom. The van der Waals surface area contributed by atoms with Crippen molar-refractivity contribution in [3.05, 3.63) is 0 Å². The third kappa shape index (κ3) is 10.9. The number of ether oxygens (including phenoxy) is 4. The van der Waals surface area contributed by atoms with Crippen LogP contribution in [-0.4, -0.2) is 49.3 Å². The van der Waals surface area contributed by atoms with E-state index < -0.39 is 46.9 Å². The molecule has 0 fully saturated rings. The highest BCUT2D eigenvalue weighted by Crippen LogP contribution is 2.36. The maximum Gasteiger partial charge on any atom is 0.352 e. The van der Waals surface area contributed by atoms with Gasteiger partial charge in [-0.25, -0.2) is 9.59 Å². The summed E-state index contributed by atoms with van der Waals surface area (Å²) in [6.07, 6.45) is -2.67. The maximum atomic E-state index is 13.1. The third-order valence-electron chi connectivity index (χ3n) is 4.83. The van der Waals surface area contributed by atoms with Crippen molar-refractivity contribution in [2.75, 3.05) is 13.2 Å². The van der Waals surface area contributed by atoms with E-state index in [1.54, 1.807) is 41.5 Å². The topological polar surface area (TPSA) is 105 Å². The van der Waals surface area contributed by atoms with Crippen molar-refractivity contribution >= 4 is 23.9 Å². The Kier molecular flexibility index (Phi) is 11.3. The van der Waals surface area contributed by atoms with Gasteiger partial charge in [0.1, 0.15) is 0 Å². The van der Waals surface area contributed by atoms with E-state index in [-0.39, 0.29) is 24.0 Å². The molecule has 0 aliphatic rings. The summed E-state index contributed by atoms with van der Waals surface area (Å²) in [6.45, 7) is 21.8. The summed E-state index contributed by atoms with van der Waals surface area (Å²) >= 11 is 0. The molecule has 0 aromatic rings. The molecule has 0 N–H and O–H groups in total. The highest BCUT2D eigenvalue weighted by atomic mass is 16.6. The molecule has 0 aliphatic carbocycles. The minimum atomic E-state index is -1.79. The van der Waals surface area contributed by atoms with Crippen LogP contribution in [0.4, 0.5) is 0 Å². The van der Waals surface area contributed by atoms with Crippen LogP contribution < -0.4 is 0 Å². The minimum Gasteiger partial charge on any atom is -0.463 e. The van der Waals surface area contributed by atoms with E-state index >= 15 is 0 Å². The molecule has 0 bridgehead atoms. The first-order valence-corrected chi connectivity index (χ1v) is 11.9. The molecule has 0 spiro atoms. The van der Waals surface area contributed by atoms with Gasteiger partial charge in [0.25, 0.3) is 0 Å². The van der Waals surface area contributed by atoms with E-state index in [9.17, 15) is 19.2 Å². The molecule has 0 heterocycles. The van der Waals surface area contributed by atoms with Crippen molar-refractivity contribution in [3.8, 4) is 0 Å². The van der Waals surface area contributed by atoms with Crippen molar-refractivity contribution in [2.24, 2.45) is 21.7 Å². The van der Waals surface area contributed by atoms with Crippen molar-refractivity contribution in [2.45, 2.75) is 108 Å². The molecule has 8 nitrogen and oxygen atoms in total. The van der Waals surface area contributed by atoms with E-state index in [0.29, 0.717) is 12.8 Å². The molecule has 0 aromatic carbocycles.